The van der Waals surface area contributed by atoms with Crippen molar-refractivity contribution in [3.63, 3.8) is 0 Å². The van der Waals surface area contributed by atoms with Crippen molar-refractivity contribution in [3.05, 3.63) is 41.0 Å². The summed E-state index contributed by atoms with van der Waals surface area (Å²) in [6.45, 7) is 1.93. The molecule has 1 saturated heterocycles. The largest absolute Gasteiger partial charge is 0.357 e. The lowest BCUT2D eigenvalue weighted by Crippen LogP contribution is -2.35. The van der Waals surface area contributed by atoms with Gasteiger partial charge in [-0.25, -0.2) is 4.98 Å². The Hall–Kier alpha value is -2.76. The predicted molar refractivity (Wildman–Crippen MR) is 112 cm³/mol. The second-order valence-corrected chi connectivity index (χ2v) is 7.67. The number of halogens is 1. The van der Waals surface area contributed by atoms with Gasteiger partial charge in [0.2, 0.25) is 0 Å². The first kappa shape index (κ1) is 18.6. The molecule has 2 aliphatic rings. The van der Waals surface area contributed by atoms with Crippen LogP contribution < -0.4 is 4.90 Å². The number of pyridine rings is 1. The smallest absolute Gasteiger partial charge is 0.157 e. The Kier molecular flexibility index (Phi) is 4.87. The molecule has 2 aromatic heterocycles. The maximum atomic E-state index is 9.87. The first-order valence-electron chi connectivity index (χ1n) is 9.78. The highest BCUT2D eigenvalue weighted by atomic mass is 35.5. The van der Waals surface area contributed by atoms with Gasteiger partial charge in [0.25, 0.3) is 0 Å². The number of hydrogen-bond acceptors (Lipinski definition) is 4. The van der Waals surface area contributed by atoms with Crippen LogP contribution in [0.15, 0.2) is 24.3 Å². The highest BCUT2D eigenvalue weighted by molar-refractivity contribution is 5.86. The molecular formula is C22H22ClN5. The zero-order chi connectivity index (χ0) is 18.4. The first-order chi connectivity index (χ1) is 13.3. The van der Waals surface area contributed by atoms with Crippen molar-refractivity contribution in [2.24, 2.45) is 5.92 Å². The number of benzene rings is 1. The molecular weight excluding hydrogens is 370 g/mol. The lowest BCUT2D eigenvalue weighted by Gasteiger charge is -2.34. The maximum Gasteiger partial charge on any atom is 0.157 e. The van der Waals surface area contributed by atoms with Crippen LogP contribution >= 0.6 is 12.4 Å². The number of aromatic nitrogens is 2. The zero-order valence-corrected chi connectivity index (χ0v) is 16.5. The van der Waals surface area contributed by atoms with Gasteiger partial charge in [0.1, 0.15) is 11.9 Å². The third-order valence-corrected chi connectivity index (χ3v) is 6.19. The normalized spacial score (nSPS) is 16.6. The summed E-state index contributed by atoms with van der Waals surface area (Å²) in [6.07, 6.45) is 5.86. The molecule has 5 nitrogen and oxygen atoms in total. The van der Waals surface area contributed by atoms with Crippen LogP contribution in [0.1, 0.15) is 42.4 Å². The molecule has 28 heavy (non-hydrogen) atoms. The summed E-state index contributed by atoms with van der Waals surface area (Å²) >= 11 is 0. The Morgan fingerprint density at radius 3 is 2.57 bits per heavy atom. The van der Waals surface area contributed by atoms with E-state index in [4.69, 9.17) is 10.2 Å². The lowest BCUT2D eigenvalue weighted by atomic mass is 9.93. The molecule has 0 spiro atoms. The van der Waals surface area contributed by atoms with E-state index in [1.165, 1.54) is 16.9 Å². The summed E-state index contributed by atoms with van der Waals surface area (Å²) in [5, 5.41) is 18.9. The highest BCUT2D eigenvalue weighted by Crippen LogP contribution is 2.39. The molecule has 0 amide bonds. The minimum absolute atomic E-state index is 0. The van der Waals surface area contributed by atoms with E-state index in [1.54, 1.807) is 0 Å². The molecule has 0 radical (unpaired) electrons. The van der Waals surface area contributed by atoms with E-state index in [9.17, 15) is 5.26 Å². The Morgan fingerprint density at radius 1 is 1.07 bits per heavy atom. The number of nitriles is 2. The van der Waals surface area contributed by atoms with Gasteiger partial charge in [-0.3, -0.25) is 4.40 Å². The van der Waals surface area contributed by atoms with Crippen molar-refractivity contribution < 1.29 is 0 Å². The fraction of sp³-hybridized carbons (Fsp3) is 0.409. The van der Waals surface area contributed by atoms with Crippen LogP contribution in [-0.4, -0.2) is 22.5 Å². The molecule has 0 N–H and O–H groups in total. The van der Waals surface area contributed by atoms with Crippen LogP contribution in [0.2, 0.25) is 0 Å². The van der Waals surface area contributed by atoms with E-state index in [0.29, 0.717) is 12.3 Å². The summed E-state index contributed by atoms with van der Waals surface area (Å²) < 4.78 is 2.22. The van der Waals surface area contributed by atoms with Gasteiger partial charge in [-0.2, -0.15) is 10.5 Å². The minimum atomic E-state index is 0. The monoisotopic (exact) mass is 391 g/mol. The number of anilines is 1. The van der Waals surface area contributed by atoms with Crippen LogP contribution in [0.3, 0.4) is 0 Å². The molecule has 1 aliphatic heterocycles. The van der Waals surface area contributed by atoms with Gasteiger partial charge >= 0.3 is 0 Å². The van der Waals surface area contributed by atoms with Crippen LogP contribution in [0, 0.1) is 28.6 Å². The van der Waals surface area contributed by atoms with Gasteiger partial charge in [-0.1, -0.05) is 12.1 Å². The van der Waals surface area contributed by atoms with Gasteiger partial charge in [0.05, 0.1) is 22.7 Å². The second kappa shape index (κ2) is 7.34. The molecule has 5 rings (SSSR count). The number of hydrogen-bond donors (Lipinski definition) is 0. The lowest BCUT2D eigenvalue weighted by molar-refractivity contribution is 0.410. The van der Waals surface area contributed by atoms with E-state index >= 15 is 0 Å². The summed E-state index contributed by atoms with van der Waals surface area (Å²) in [5.74, 6) is 1.74. The van der Waals surface area contributed by atoms with Gasteiger partial charge in [0.15, 0.2) is 5.65 Å². The van der Waals surface area contributed by atoms with Crippen LogP contribution in [-0.2, 0) is 12.8 Å². The number of piperidine rings is 1. The van der Waals surface area contributed by atoms with Crippen LogP contribution in [0.4, 0.5) is 5.82 Å². The predicted octanol–water partition coefficient (Wildman–Crippen LogP) is 4.40. The van der Waals surface area contributed by atoms with Gasteiger partial charge in [0, 0.05) is 19.5 Å². The Bertz CT molecular complexity index is 1130. The SMILES string of the molecule is Cl.N#CCC1CCN(c2c3c(c(C#N)c4nc5ccccc5n24)CCC3)CC1. The average Bonchev–Trinajstić information content (AvgIpc) is 3.32. The molecule has 0 atom stereocenters. The molecule has 0 bridgehead atoms. The summed E-state index contributed by atoms with van der Waals surface area (Å²) in [7, 11) is 0. The van der Waals surface area contributed by atoms with Crippen LogP contribution in [0.5, 0.6) is 0 Å². The number of nitrogens with zero attached hydrogens (tertiary/aromatic N) is 5. The maximum absolute atomic E-state index is 9.87. The molecule has 3 aromatic rings. The number of para-hydroxylation sites is 2. The standard InChI is InChI=1S/C22H21N5.ClH/c23-11-8-15-9-12-26(13-10-15)22-17-5-3-4-16(17)18(14-24)21-25-19-6-1-2-7-20(19)27(21)22;/h1-2,6-7,15H,3-5,8-10,12-13H2;1H. The Morgan fingerprint density at radius 2 is 1.82 bits per heavy atom. The van der Waals surface area contributed by atoms with Crippen molar-refractivity contribution in [1.82, 2.24) is 9.38 Å². The Labute approximate surface area is 170 Å². The number of rotatable bonds is 2. The average molecular weight is 392 g/mol. The molecule has 142 valence electrons. The van der Waals surface area contributed by atoms with E-state index in [-0.39, 0.29) is 12.4 Å². The topological polar surface area (TPSA) is 68.1 Å². The quantitative estimate of drug-likeness (QED) is 0.649. The molecule has 3 heterocycles. The number of imidazole rings is 1. The van der Waals surface area contributed by atoms with Gasteiger partial charge in [-0.15, -0.1) is 12.4 Å². The molecule has 6 heteroatoms. The van der Waals surface area contributed by atoms with Gasteiger partial charge < -0.3 is 4.90 Å². The van der Waals surface area contributed by atoms with Crippen molar-refractivity contribution in [3.8, 4) is 12.1 Å². The van der Waals surface area contributed by atoms with Crippen molar-refractivity contribution in [2.45, 2.75) is 38.5 Å². The first-order valence-corrected chi connectivity index (χ1v) is 9.78. The van der Waals surface area contributed by atoms with Gasteiger partial charge in [-0.05, 0) is 61.3 Å². The number of fused-ring (bicyclic) bond motifs is 4. The second-order valence-electron chi connectivity index (χ2n) is 7.67. The fourth-order valence-corrected chi connectivity index (χ4v) is 4.87. The molecule has 1 aliphatic carbocycles. The van der Waals surface area contributed by atoms with Crippen LogP contribution in [0.25, 0.3) is 16.7 Å². The van der Waals surface area contributed by atoms with Crippen molar-refractivity contribution >= 4 is 34.9 Å². The highest BCUT2D eigenvalue weighted by Gasteiger charge is 2.30. The minimum Gasteiger partial charge on any atom is -0.357 e. The van der Waals surface area contributed by atoms with Crippen molar-refractivity contribution in [1.29, 1.82) is 10.5 Å². The summed E-state index contributed by atoms with van der Waals surface area (Å²) in [5.41, 5.74) is 6.11. The zero-order valence-electron chi connectivity index (χ0n) is 15.7. The van der Waals surface area contributed by atoms with E-state index in [2.05, 4.69) is 27.5 Å². The fourth-order valence-electron chi connectivity index (χ4n) is 4.87. The van der Waals surface area contributed by atoms with E-state index in [1.807, 2.05) is 18.2 Å². The molecule has 0 saturated carbocycles. The third kappa shape index (κ3) is 2.70. The van der Waals surface area contributed by atoms with E-state index < -0.39 is 0 Å². The van der Waals surface area contributed by atoms with Crippen molar-refractivity contribution in [2.75, 3.05) is 18.0 Å². The summed E-state index contributed by atoms with van der Waals surface area (Å²) in [4.78, 5) is 7.31. The molecule has 1 fully saturated rings. The Balaban J connectivity index is 0.00000192. The molecule has 1 aromatic carbocycles. The molecule has 0 unspecified atom stereocenters. The third-order valence-electron chi connectivity index (χ3n) is 6.19. The van der Waals surface area contributed by atoms with E-state index in [0.717, 1.165) is 67.4 Å². The summed E-state index contributed by atoms with van der Waals surface area (Å²) in [6, 6.07) is 12.9.